The van der Waals surface area contributed by atoms with Crippen LogP contribution in [0, 0.1) is 0 Å². The number of nitrogens with zero attached hydrogens (tertiary/aromatic N) is 1. The third-order valence-corrected chi connectivity index (χ3v) is 7.20. The zero-order valence-corrected chi connectivity index (χ0v) is 17.2. The Kier molecular flexibility index (Phi) is 6.18. The van der Waals surface area contributed by atoms with Gasteiger partial charge in [-0.25, -0.2) is 8.42 Å². The Morgan fingerprint density at radius 1 is 0.966 bits per heavy atom. The number of ether oxygens (including phenoxy) is 2. The van der Waals surface area contributed by atoms with Gasteiger partial charge in [-0.3, -0.25) is 0 Å². The second-order valence-electron chi connectivity index (χ2n) is 7.33. The van der Waals surface area contributed by atoms with Gasteiger partial charge in [0.05, 0.1) is 50.8 Å². The van der Waals surface area contributed by atoms with Crippen molar-refractivity contribution in [3.63, 3.8) is 0 Å². The van der Waals surface area contributed by atoms with Crippen LogP contribution in [0.5, 0.6) is 11.5 Å². The average Bonchev–Trinajstić information content (AvgIpc) is 3.00. The Hall–Kier alpha value is -2.35. The first-order chi connectivity index (χ1) is 14.1. The molecule has 2 aliphatic rings. The quantitative estimate of drug-likeness (QED) is 0.803. The Labute approximate surface area is 172 Å². The van der Waals surface area contributed by atoms with Gasteiger partial charge >= 0.3 is 0 Å². The van der Waals surface area contributed by atoms with Gasteiger partial charge in [0.15, 0.2) is 11.5 Å². The van der Waals surface area contributed by atoms with E-state index in [0.29, 0.717) is 37.8 Å². The fraction of sp³-hybridized carbons (Fsp3) is 0.364. The summed E-state index contributed by atoms with van der Waals surface area (Å²) in [6, 6.07) is 15.1. The molecule has 0 aliphatic carbocycles. The highest BCUT2D eigenvalue weighted by atomic mass is 32.2. The van der Waals surface area contributed by atoms with Gasteiger partial charge in [0.2, 0.25) is 10.0 Å². The van der Waals surface area contributed by atoms with Crippen molar-refractivity contribution in [1.82, 2.24) is 4.31 Å². The molecule has 1 N–H and O–H groups in total. The number of quaternary nitrogens is 1. The summed E-state index contributed by atoms with van der Waals surface area (Å²) in [6.07, 6.45) is 5.08. The fourth-order valence-corrected chi connectivity index (χ4v) is 5.08. The molecule has 1 fully saturated rings. The topological polar surface area (TPSA) is 60.3 Å². The van der Waals surface area contributed by atoms with Crippen molar-refractivity contribution in [2.45, 2.75) is 11.3 Å². The third-order valence-electron chi connectivity index (χ3n) is 5.30. The summed E-state index contributed by atoms with van der Waals surface area (Å²) in [5.74, 6) is 1.12. The standard InChI is InChI=1S/C22H26N2O4S/c25-29(26,20-9-10-21-22(18-20)28-17-5-16-27-21)24-14-12-23(13-15-24)11-4-8-19-6-2-1-3-7-19/h1-4,6-10,18H,5,11-17H2/p+1/b8-4+. The van der Waals surface area contributed by atoms with Crippen LogP contribution in [0.2, 0.25) is 0 Å². The number of sulfonamides is 1. The van der Waals surface area contributed by atoms with Crippen molar-refractivity contribution < 1.29 is 22.8 Å². The van der Waals surface area contributed by atoms with Crippen LogP contribution in [0.4, 0.5) is 0 Å². The van der Waals surface area contributed by atoms with E-state index in [1.165, 1.54) is 10.5 Å². The number of benzene rings is 2. The normalized spacial score (nSPS) is 18.6. The molecule has 0 saturated carbocycles. The molecule has 2 aromatic carbocycles. The number of hydrogen-bond acceptors (Lipinski definition) is 4. The summed E-state index contributed by atoms with van der Waals surface area (Å²) < 4.78 is 39.0. The van der Waals surface area contributed by atoms with Crippen molar-refractivity contribution in [3.05, 3.63) is 60.2 Å². The van der Waals surface area contributed by atoms with Crippen LogP contribution in [0.1, 0.15) is 12.0 Å². The lowest BCUT2D eigenvalue weighted by molar-refractivity contribution is -0.897. The predicted molar refractivity (Wildman–Crippen MR) is 112 cm³/mol. The van der Waals surface area contributed by atoms with E-state index in [-0.39, 0.29) is 4.90 Å². The van der Waals surface area contributed by atoms with Gasteiger partial charge in [0, 0.05) is 12.5 Å². The van der Waals surface area contributed by atoms with E-state index in [9.17, 15) is 8.42 Å². The lowest BCUT2D eigenvalue weighted by Crippen LogP contribution is -3.14. The molecule has 0 aromatic heterocycles. The van der Waals surface area contributed by atoms with Crippen molar-refractivity contribution in [3.8, 4) is 11.5 Å². The number of fused-ring (bicyclic) bond motifs is 1. The zero-order valence-electron chi connectivity index (χ0n) is 16.4. The maximum absolute atomic E-state index is 13.1. The van der Waals surface area contributed by atoms with Crippen molar-refractivity contribution in [2.75, 3.05) is 45.9 Å². The SMILES string of the molecule is O=S(=O)(c1ccc2c(c1)OCCCO2)N1CC[NH+](C/C=C/c2ccccc2)CC1. The van der Waals surface area contributed by atoms with Crippen molar-refractivity contribution in [2.24, 2.45) is 0 Å². The molecule has 1 saturated heterocycles. The predicted octanol–water partition coefficient (Wildman–Crippen LogP) is 1.45. The van der Waals surface area contributed by atoms with Gasteiger partial charge in [0.1, 0.15) is 0 Å². The van der Waals surface area contributed by atoms with E-state index in [2.05, 4.69) is 24.3 Å². The first-order valence-electron chi connectivity index (χ1n) is 10.1. The molecule has 7 heteroatoms. The van der Waals surface area contributed by atoms with E-state index in [1.807, 2.05) is 18.2 Å². The Morgan fingerprint density at radius 2 is 1.69 bits per heavy atom. The summed E-state index contributed by atoms with van der Waals surface area (Å²) >= 11 is 0. The average molecular weight is 416 g/mol. The van der Waals surface area contributed by atoms with Gasteiger partial charge in [-0.05, 0) is 23.8 Å². The van der Waals surface area contributed by atoms with Crippen LogP contribution in [0.15, 0.2) is 59.5 Å². The highest BCUT2D eigenvalue weighted by molar-refractivity contribution is 7.89. The van der Waals surface area contributed by atoms with Gasteiger partial charge in [-0.15, -0.1) is 0 Å². The maximum Gasteiger partial charge on any atom is 0.243 e. The van der Waals surface area contributed by atoms with E-state index in [0.717, 1.165) is 26.1 Å². The van der Waals surface area contributed by atoms with Crippen LogP contribution in [-0.2, 0) is 10.0 Å². The number of nitrogens with one attached hydrogen (secondary N) is 1. The summed E-state index contributed by atoms with van der Waals surface area (Å²) in [6.45, 7) is 4.65. The van der Waals surface area contributed by atoms with Gasteiger partial charge in [-0.2, -0.15) is 4.31 Å². The van der Waals surface area contributed by atoms with Gasteiger partial charge in [-0.1, -0.05) is 36.4 Å². The lowest BCUT2D eigenvalue weighted by atomic mass is 10.2. The van der Waals surface area contributed by atoms with E-state index < -0.39 is 10.0 Å². The first-order valence-corrected chi connectivity index (χ1v) is 11.5. The molecule has 0 atom stereocenters. The fourth-order valence-electron chi connectivity index (χ4n) is 3.63. The zero-order chi connectivity index (χ0) is 20.1. The summed E-state index contributed by atoms with van der Waals surface area (Å²) in [5.41, 5.74) is 1.18. The summed E-state index contributed by atoms with van der Waals surface area (Å²) in [4.78, 5) is 1.66. The molecule has 0 amide bonds. The molecule has 0 unspecified atom stereocenters. The molecule has 0 spiro atoms. The number of piperazine rings is 1. The molecule has 0 bridgehead atoms. The first kappa shape index (κ1) is 19.9. The highest BCUT2D eigenvalue weighted by Gasteiger charge is 2.31. The van der Waals surface area contributed by atoms with E-state index >= 15 is 0 Å². The van der Waals surface area contributed by atoms with E-state index in [4.69, 9.17) is 9.47 Å². The minimum absolute atomic E-state index is 0.272. The maximum atomic E-state index is 13.1. The number of rotatable bonds is 5. The molecule has 154 valence electrons. The second kappa shape index (κ2) is 8.98. The van der Waals surface area contributed by atoms with Crippen LogP contribution in [0.3, 0.4) is 0 Å². The molecule has 4 rings (SSSR count). The van der Waals surface area contributed by atoms with Gasteiger partial charge in [0.25, 0.3) is 0 Å². The molecule has 2 aromatic rings. The van der Waals surface area contributed by atoms with Crippen LogP contribution in [-0.4, -0.2) is 58.7 Å². The third kappa shape index (κ3) is 4.80. The largest absolute Gasteiger partial charge is 0.490 e. The molecule has 2 heterocycles. The van der Waals surface area contributed by atoms with E-state index in [1.54, 1.807) is 22.5 Å². The molecular weight excluding hydrogens is 388 g/mol. The van der Waals surface area contributed by atoms with Crippen LogP contribution < -0.4 is 14.4 Å². The number of hydrogen-bond donors (Lipinski definition) is 1. The minimum atomic E-state index is -3.53. The van der Waals surface area contributed by atoms with Crippen molar-refractivity contribution >= 4 is 16.1 Å². The molecular formula is C22H27N2O4S+. The van der Waals surface area contributed by atoms with Crippen molar-refractivity contribution in [1.29, 1.82) is 0 Å². The summed E-state index contributed by atoms with van der Waals surface area (Å²) in [7, 11) is -3.53. The Bertz CT molecular complexity index is 952. The Balaban J connectivity index is 1.36. The second-order valence-corrected chi connectivity index (χ2v) is 9.27. The molecule has 0 radical (unpaired) electrons. The minimum Gasteiger partial charge on any atom is -0.490 e. The monoisotopic (exact) mass is 415 g/mol. The van der Waals surface area contributed by atoms with Gasteiger partial charge < -0.3 is 14.4 Å². The van der Waals surface area contributed by atoms with Crippen LogP contribution in [0.25, 0.3) is 6.08 Å². The lowest BCUT2D eigenvalue weighted by Gasteiger charge is -2.31. The highest BCUT2D eigenvalue weighted by Crippen LogP contribution is 2.32. The molecule has 2 aliphatic heterocycles. The van der Waals surface area contributed by atoms with Crippen LogP contribution >= 0.6 is 0 Å². The molecule has 29 heavy (non-hydrogen) atoms. The smallest absolute Gasteiger partial charge is 0.243 e. The Morgan fingerprint density at radius 3 is 2.45 bits per heavy atom. The molecule has 6 nitrogen and oxygen atoms in total. The summed E-state index contributed by atoms with van der Waals surface area (Å²) in [5, 5.41) is 0.